The maximum Gasteiger partial charge on any atom is 0.409 e. The highest BCUT2D eigenvalue weighted by Crippen LogP contribution is 2.18. The van der Waals surface area contributed by atoms with Gasteiger partial charge in [-0.05, 0) is 32.8 Å². The highest BCUT2D eigenvalue weighted by atomic mass is 32.2. The molecule has 2 aromatic rings. The molecule has 0 saturated carbocycles. The predicted octanol–water partition coefficient (Wildman–Crippen LogP) is 1.40. The van der Waals surface area contributed by atoms with Crippen molar-refractivity contribution in [3.05, 3.63) is 22.1 Å². The van der Waals surface area contributed by atoms with Crippen molar-refractivity contribution in [3.63, 3.8) is 0 Å². The number of likely N-dealkylation sites (tertiary alicyclic amines) is 1. The van der Waals surface area contributed by atoms with Crippen LogP contribution in [0.2, 0.25) is 0 Å². The van der Waals surface area contributed by atoms with E-state index in [-0.39, 0.29) is 29.4 Å². The molecule has 0 aromatic carbocycles. The lowest BCUT2D eigenvalue weighted by Gasteiger charge is -2.31. The number of nitrogens with zero attached hydrogens (tertiary/aromatic N) is 3. The molecule has 0 aliphatic carbocycles. The van der Waals surface area contributed by atoms with Crippen LogP contribution in [0.5, 0.6) is 0 Å². The van der Waals surface area contributed by atoms with Gasteiger partial charge in [-0.2, -0.15) is 0 Å². The fraction of sp³-hybridized carbons (Fsp3) is 0.556. The molecule has 1 aliphatic rings. The molecule has 0 bridgehead atoms. The molecule has 0 unspecified atom stereocenters. The average molecular weight is 407 g/mol. The molecule has 9 nitrogen and oxygen atoms in total. The number of amides is 2. The summed E-state index contributed by atoms with van der Waals surface area (Å²) in [5.74, 6) is 0.0620. The van der Waals surface area contributed by atoms with Crippen molar-refractivity contribution < 1.29 is 14.3 Å². The van der Waals surface area contributed by atoms with Crippen LogP contribution in [-0.2, 0) is 16.6 Å². The van der Waals surface area contributed by atoms with Gasteiger partial charge >= 0.3 is 6.09 Å². The Labute approximate surface area is 166 Å². The average Bonchev–Trinajstić information content (AvgIpc) is 3.05. The second-order valence-electron chi connectivity index (χ2n) is 6.79. The topological polar surface area (TPSA) is 109 Å². The number of thioether (sulfide) groups is 1. The standard InChI is InChI=1S/C18H25N5O4S/c1-4-27-18(26)23-7-5-12(6-8-23)20-14(24)10-28-17-21-13-9-11(2)19-15(13)16(25)22(17)3/h9,12,19H,4-8,10H2,1-3H3,(H,20,24). The Morgan fingerprint density at radius 3 is 2.79 bits per heavy atom. The van der Waals surface area contributed by atoms with Crippen LogP contribution in [0.1, 0.15) is 25.5 Å². The molecule has 1 saturated heterocycles. The Hall–Kier alpha value is -2.49. The summed E-state index contributed by atoms with van der Waals surface area (Å²) in [6.45, 7) is 5.14. The van der Waals surface area contributed by atoms with E-state index in [0.717, 1.165) is 5.69 Å². The highest BCUT2D eigenvalue weighted by molar-refractivity contribution is 7.99. The molecule has 3 heterocycles. The SMILES string of the molecule is CCOC(=O)N1CCC(NC(=O)CSc2nc3cc(C)[nH]c3c(=O)n2C)CC1. The van der Waals surface area contributed by atoms with Crippen LogP contribution in [0.15, 0.2) is 16.0 Å². The van der Waals surface area contributed by atoms with Crippen molar-refractivity contribution in [2.75, 3.05) is 25.4 Å². The summed E-state index contributed by atoms with van der Waals surface area (Å²) >= 11 is 1.24. The zero-order valence-corrected chi connectivity index (χ0v) is 17.1. The number of fused-ring (bicyclic) bond motifs is 1. The van der Waals surface area contributed by atoms with Gasteiger partial charge in [0.1, 0.15) is 5.52 Å². The normalized spacial score (nSPS) is 15.0. The number of rotatable bonds is 5. The molecular weight excluding hydrogens is 382 g/mol. The number of carbonyl (C=O) groups is 2. The number of hydrogen-bond donors (Lipinski definition) is 2. The Morgan fingerprint density at radius 2 is 2.11 bits per heavy atom. The van der Waals surface area contributed by atoms with Gasteiger partial charge in [-0.25, -0.2) is 9.78 Å². The molecule has 0 spiro atoms. The predicted molar refractivity (Wildman–Crippen MR) is 107 cm³/mol. The molecule has 2 N–H and O–H groups in total. The van der Waals surface area contributed by atoms with Gasteiger partial charge in [0.2, 0.25) is 5.91 Å². The van der Waals surface area contributed by atoms with Crippen LogP contribution in [0.3, 0.4) is 0 Å². The number of aromatic nitrogens is 3. The van der Waals surface area contributed by atoms with Gasteiger partial charge in [-0.15, -0.1) is 0 Å². The summed E-state index contributed by atoms with van der Waals surface area (Å²) in [6, 6.07) is 1.85. The summed E-state index contributed by atoms with van der Waals surface area (Å²) in [4.78, 5) is 45.6. The van der Waals surface area contributed by atoms with Gasteiger partial charge in [-0.3, -0.25) is 14.2 Å². The minimum atomic E-state index is -0.301. The quantitative estimate of drug-likeness (QED) is 0.573. The molecule has 0 radical (unpaired) electrons. The minimum absolute atomic E-state index is 0.0327. The second kappa shape index (κ2) is 8.68. The molecule has 2 amide bonds. The van der Waals surface area contributed by atoms with E-state index in [1.54, 1.807) is 18.9 Å². The van der Waals surface area contributed by atoms with Gasteiger partial charge in [0.15, 0.2) is 5.16 Å². The van der Waals surface area contributed by atoms with E-state index in [0.29, 0.717) is 48.7 Å². The second-order valence-corrected chi connectivity index (χ2v) is 7.73. The number of nitrogens with one attached hydrogen (secondary N) is 2. The Morgan fingerprint density at radius 1 is 1.39 bits per heavy atom. The van der Waals surface area contributed by atoms with Crippen molar-refractivity contribution in [1.29, 1.82) is 0 Å². The molecule has 2 aromatic heterocycles. The van der Waals surface area contributed by atoms with E-state index in [1.165, 1.54) is 16.3 Å². The summed E-state index contributed by atoms with van der Waals surface area (Å²) < 4.78 is 6.45. The van der Waals surface area contributed by atoms with Crippen LogP contribution in [0.25, 0.3) is 11.0 Å². The van der Waals surface area contributed by atoms with Gasteiger partial charge < -0.3 is 19.9 Å². The first-order chi connectivity index (χ1) is 13.4. The van der Waals surface area contributed by atoms with Crippen LogP contribution in [0.4, 0.5) is 4.79 Å². The number of ether oxygens (including phenoxy) is 1. The number of piperidine rings is 1. The lowest BCUT2D eigenvalue weighted by molar-refractivity contribution is -0.119. The largest absolute Gasteiger partial charge is 0.450 e. The highest BCUT2D eigenvalue weighted by Gasteiger charge is 2.24. The molecule has 1 aliphatic heterocycles. The Balaban J connectivity index is 1.53. The zero-order valence-electron chi connectivity index (χ0n) is 16.3. The van der Waals surface area contributed by atoms with Crippen LogP contribution >= 0.6 is 11.8 Å². The maximum absolute atomic E-state index is 12.4. The molecule has 1 fully saturated rings. The molecule has 28 heavy (non-hydrogen) atoms. The van der Waals surface area contributed by atoms with Crippen molar-refractivity contribution in [2.45, 2.75) is 37.9 Å². The number of aryl methyl sites for hydroxylation is 1. The van der Waals surface area contributed by atoms with E-state index < -0.39 is 0 Å². The van der Waals surface area contributed by atoms with E-state index in [4.69, 9.17) is 4.74 Å². The zero-order chi connectivity index (χ0) is 20.3. The van der Waals surface area contributed by atoms with Crippen LogP contribution in [-0.4, -0.2) is 62.9 Å². The van der Waals surface area contributed by atoms with E-state index in [2.05, 4.69) is 15.3 Å². The first-order valence-corrected chi connectivity index (χ1v) is 10.3. The van der Waals surface area contributed by atoms with Crippen molar-refractivity contribution in [2.24, 2.45) is 7.05 Å². The lowest BCUT2D eigenvalue weighted by Crippen LogP contribution is -2.47. The third-order valence-corrected chi connectivity index (χ3v) is 5.70. The first kappa shape index (κ1) is 20.2. The van der Waals surface area contributed by atoms with Gasteiger partial charge in [-0.1, -0.05) is 11.8 Å². The lowest BCUT2D eigenvalue weighted by atomic mass is 10.1. The van der Waals surface area contributed by atoms with Crippen molar-refractivity contribution >= 4 is 34.8 Å². The number of aromatic amines is 1. The number of carbonyl (C=O) groups excluding carboxylic acids is 2. The smallest absolute Gasteiger partial charge is 0.409 e. The third kappa shape index (κ3) is 4.49. The van der Waals surface area contributed by atoms with Crippen molar-refractivity contribution in [3.8, 4) is 0 Å². The Kier molecular flexibility index (Phi) is 6.28. The Bertz CT molecular complexity index is 930. The molecule has 3 rings (SSSR count). The van der Waals surface area contributed by atoms with Gasteiger partial charge in [0, 0.05) is 31.9 Å². The molecular formula is C18H25N5O4S. The summed E-state index contributed by atoms with van der Waals surface area (Å²) in [5.41, 5.74) is 1.79. The first-order valence-electron chi connectivity index (χ1n) is 9.29. The molecule has 152 valence electrons. The third-order valence-electron chi connectivity index (χ3n) is 4.67. The van der Waals surface area contributed by atoms with E-state index >= 15 is 0 Å². The summed E-state index contributed by atoms with van der Waals surface area (Å²) in [5, 5.41) is 3.50. The van der Waals surface area contributed by atoms with Gasteiger partial charge in [0.25, 0.3) is 5.56 Å². The van der Waals surface area contributed by atoms with Crippen LogP contribution < -0.4 is 10.9 Å². The fourth-order valence-electron chi connectivity index (χ4n) is 3.21. The van der Waals surface area contributed by atoms with E-state index in [9.17, 15) is 14.4 Å². The number of H-pyrrole nitrogens is 1. The number of hydrogen-bond acceptors (Lipinski definition) is 6. The van der Waals surface area contributed by atoms with E-state index in [1.807, 2.05) is 13.0 Å². The fourth-order valence-corrected chi connectivity index (χ4v) is 3.99. The maximum atomic E-state index is 12.4. The minimum Gasteiger partial charge on any atom is -0.450 e. The summed E-state index contributed by atoms with van der Waals surface area (Å²) in [6.07, 6.45) is 1.09. The molecule has 10 heteroatoms. The van der Waals surface area contributed by atoms with Crippen LogP contribution in [0, 0.1) is 6.92 Å². The monoisotopic (exact) mass is 407 g/mol. The van der Waals surface area contributed by atoms with Crippen molar-refractivity contribution in [1.82, 2.24) is 24.8 Å². The summed E-state index contributed by atoms with van der Waals surface area (Å²) in [7, 11) is 1.65. The molecule has 0 atom stereocenters. The van der Waals surface area contributed by atoms with Gasteiger partial charge in [0.05, 0.1) is 17.9 Å².